The van der Waals surface area contributed by atoms with E-state index in [4.69, 9.17) is 4.74 Å². The summed E-state index contributed by atoms with van der Waals surface area (Å²) in [6, 6.07) is 4.78. The van der Waals surface area contributed by atoms with E-state index in [1.54, 1.807) is 6.08 Å². The van der Waals surface area contributed by atoms with Crippen LogP contribution in [0.5, 0.6) is 0 Å². The van der Waals surface area contributed by atoms with Crippen LogP contribution in [0, 0.1) is 0 Å². The molecule has 0 atom stereocenters. The summed E-state index contributed by atoms with van der Waals surface area (Å²) >= 11 is 0. The normalized spacial score (nSPS) is 22.6. The molecule has 0 saturated carbocycles. The van der Waals surface area contributed by atoms with E-state index in [9.17, 15) is 4.79 Å². The zero-order chi connectivity index (χ0) is 16.8. The maximum absolute atomic E-state index is 11.9. The van der Waals surface area contributed by atoms with Gasteiger partial charge in [0.15, 0.2) is 0 Å². The Morgan fingerprint density at radius 1 is 1.13 bits per heavy atom. The lowest BCUT2D eigenvalue weighted by Crippen LogP contribution is -2.18. The average molecular weight is 312 g/mol. The van der Waals surface area contributed by atoms with Crippen molar-refractivity contribution in [1.29, 1.82) is 0 Å². The highest BCUT2D eigenvalue weighted by molar-refractivity contribution is 5.92. The second kappa shape index (κ2) is 5.51. The number of carbonyl (C=O) groups excluding carboxylic acids is 1. The monoisotopic (exact) mass is 312 g/mol. The number of aryl methyl sites for hydroxylation is 1. The number of rotatable bonds is 2. The van der Waals surface area contributed by atoms with E-state index in [0.717, 1.165) is 24.8 Å². The van der Waals surface area contributed by atoms with Crippen LogP contribution in [0.1, 0.15) is 76.1 Å². The van der Waals surface area contributed by atoms with E-state index in [0.29, 0.717) is 6.61 Å². The molecule has 2 aliphatic rings. The van der Waals surface area contributed by atoms with Crippen LogP contribution >= 0.6 is 0 Å². The fraction of sp³-hybridized carbons (Fsp3) is 0.571. The molecule has 2 nitrogen and oxygen atoms in total. The van der Waals surface area contributed by atoms with Gasteiger partial charge in [0.05, 0.1) is 6.61 Å². The van der Waals surface area contributed by atoms with Crippen LogP contribution in [-0.2, 0) is 26.8 Å². The van der Waals surface area contributed by atoms with Gasteiger partial charge in [0.25, 0.3) is 0 Å². The van der Waals surface area contributed by atoms with Crippen LogP contribution in [-0.4, -0.2) is 12.6 Å². The van der Waals surface area contributed by atoms with E-state index in [1.807, 2.05) is 6.92 Å². The van der Waals surface area contributed by atoms with Crippen molar-refractivity contribution < 1.29 is 9.53 Å². The van der Waals surface area contributed by atoms with Gasteiger partial charge in [-0.2, -0.15) is 0 Å². The van der Waals surface area contributed by atoms with Crippen LogP contribution in [0.3, 0.4) is 0 Å². The molecular formula is C21H28O2. The summed E-state index contributed by atoms with van der Waals surface area (Å²) < 4.78 is 5.11. The van der Waals surface area contributed by atoms with Crippen molar-refractivity contribution in [1.82, 2.24) is 0 Å². The van der Waals surface area contributed by atoms with Crippen molar-refractivity contribution in [3.63, 3.8) is 0 Å². The minimum Gasteiger partial charge on any atom is -0.463 e. The third-order valence-corrected chi connectivity index (χ3v) is 5.40. The summed E-state index contributed by atoms with van der Waals surface area (Å²) in [7, 11) is 0. The Labute approximate surface area is 139 Å². The van der Waals surface area contributed by atoms with E-state index in [1.165, 1.54) is 28.7 Å². The molecule has 3 rings (SSSR count). The van der Waals surface area contributed by atoms with Gasteiger partial charge in [-0.25, -0.2) is 4.79 Å². The molecule has 0 aliphatic heterocycles. The smallest absolute Gasteiger partial charge is 0.331 e. The molecule has 0 amide bonds. The molecule has 0 aromatic heterocycles. The van der Waals surface area contributed by atoms with Gasteiger partial charge in [0.1, 0.15) is 0 Å². The molecule has 124 valence electrons. The van der Waals surface area contributed by atoms with Crippen LogP contribution < -0.4 is 0 Å². The first-order chi connectivity index (χ1) is 10.7. The van der Waals surface area contributed by atoms with Gasteiger partial charge in [-0.1, -0.05) is 39.8 Å². The lowest BCUT2D eigenvalue weighted by Gasteiger charge is -2.25. The highest BCUT2D eigenvalue weighted by Gasteiger charge is 2.42. The van der Waals surface area contributed by atoms with Crippen molar-refractivity contribution in [3.8, 4) is 0 Å². The Balaban J connectivity index is 2.11. The first-order valence-electron chi connectivity index (χ1n) is 8.80. The zero-order valence-corrected chi connectivity index (χ0v) is 15.1. The number of hydrogen-bond acceptors (Lipinski definition) is 2. The van der Waals surface area contributed by atoms with Crippen LogP contribution in [0.15, 0.2) is 18.2 Å². The SMILES string of the molecule is CCOC(=O)/C=C1/CCCc2cc3c(cc21)C(C)(C)CC3(C)C. The number of ether oxygens (including phenoxy) is 1. The lowest BCUT2D eigenvalue weighted by atomic mass is 9.80. The Morgan fingerprint density at radius 2 is 1.78 bits per heavy atom. The second-order valence-electron chi connectivity index (χ2n) is 8.27. The third-order valence-electron chi connectivity index (χ3n) is 5.40. The number of esters is 1. The molecule has 2 aliphatic carbocycles. The quantitative estimate of drug-likeness (QED) is 0.572. The van der Waals surface area contributed by atoms with Crippen molar-refractivity contribution >= 4 is 11.5 Å². The zero-order valence-electron chi connectivity index (χ0n) is 15.1. The number of carbonyl (C=O) groups is 1. The van der Waals surface area contributed by atoms with Gasteiger partial charge in [-0.05, 0) is 71.3 Å². The van der Waals surface area contributed by atoms with Crippen molar-refractivity contribution in [2.24, 2.45) is 0 Å². The molecular weight excluding hydrogens is 284 g/mol. The second-order valence-corrected chi connectivity index (χ2v) is 8.27. The number of allylic oxidation sites excluding steroid dienone is 1. The first kappa shape index (κ1) is 16.3. The molecule has 0 spiro atoms. The summed E-state index contributed by atoms with van der Waals surface area (Å²) in [6.07, 6.45) is 6.07. The summed E-state index contributed by atoms with van der Waals surface area (Å²) in [5, 5.41) is 0. The third kappa shape index (κ3) is 2.84. The number of benzene rings is 1. The van der Waals surface area contributed by atoms with E-state index >= 15 is 0 Å². The Morgan fingerprint density at radius 3 is 2.43 bits per heavy atom. The number of fused-ring (bicyclic) bond motifs is 2. The molecule has 0 heterocycles. The summed E-state index contributed by atoms with van der Waals surface area (Å²) in [4.78, 5) is 11.9. The fourth-order valence-electron chi connectivity index (χ4n) is 4.65. The summed E-state index contributed by atoms with van der Waals surface area (Å²) in [5.74, 6) is -0.213. The molecule has 0 bridgehead atoms. The van der Waals surface area contributed by atoms with Crippen molar-refractivity contribution in [2.45, 2.75) is 71.1 Å². The van der Waals surface area contributed by atoms with Crippen LogP contribution in [0.25, 0.3) is 5.57 Å². The summed E-state index contributed by atoms with van der Waals surface area (Å²) in [5.41, 5.74) is 7.20. The molecule has 1 aromatic rings. The van der Waals surface area contributed by atoms with Gasteiger partial charge in [0, 0.05) is 6.08 Å². The molecule has 0 fully saturated rings. The molecule has 0 N–H and O–H groups in total. The predicted molar refractivity (Wildman–Crippen MR) is 94.7 cm³/mol. The van der Waals surface area contributed by atoms with E-state index < -0.39 is 0 Å². The predicted octanol–water partition coefficient (Wildman–Crippen LogP) is 4.93. The number of hydrogen-bond donors (Lipinski definition) is 0. The first-order valence-corrected chi connectivity index (χ1v) is 8.80. The van der Waals surface area contributed by atoms with Gasteiger partial charge >= 0.3 is 5.97 Å². The van der Waals surface area contributed by atoms with Gasteiger partial charge in [0.2, 0.25) is 0 Å². The van der Waals surface area contributed by atoms with Crippen LogP contribution in [0.4, 0.5) is 0 Å². The molecule has 23 heavy (non-hydrogen) atoms. The Kier molecular flexibility index (Phi) is 3.90. The largest absolute Gasteiger partial charge is 0.463 e. The minimum absolute atomic E-state index is 0.195. The molecule has 0 saturated heterocycles. The van der Waals surface area contributed by atoms with Crippen molar-refractivity contribution in [2.75, 3.05) is 6.61 Å². The molecule has 0 radical (unpaired) electrons. The van der Waals surface area contributed by atoms with Crippen LogP contribution in [0.2, 0.25) is 0 Å². The van der Waals surface area contributed by atoms with Gasteiger partial charge < -0.3 is 4.74 Å². The summed E-state index contributed by atoms with van der Waals surface area (Å²) in [6.45, 7) is 11.7. The Bertz CT molecular complexity index is 677. The maximum Gasteiger partial charge on any atom is 0.331 e. The van der Waals surface area contributed by atoms with Gasteiger partial charge in [-0.3, -0.25) is 0 Å². The highest BCUT2D eigenvalue weighted by Crippen LogP contribution is 2.51. The maximum atomic E-state index is 11.9. The molecule has 0 unspecified atom stereocenters. The molecule has 1 aromatic carbocycles. The fourth-order valence-corrected chi connectivity index (χ4v) is 4.65. The van der Waals surface area contributed by atoms with Crippen molar-refractivity contribution in [3.05, 3.63) is 40.5 Å². The Hall–Kier alpha value is -1.57. The highest BCUT2D eigenvalue weighted by atomic mass is 16.5. The van der Waals surface area contributed by atoms with E-state index in [2.05, 4.69) is 39.8 Å². The minimum atomic E-state index is -0.213. The van der Waals surface area contributed by atoms with E-state index in [-0.39, 0.29) is 16.8 Å². The lowest BCUT2D eigenvalue weighted by molar-refractivity contribution is -0.137. The topological polar surface area (TPSA) is 26.3 Å². The average Bonchev–Trinajstić information content (AvgIpc) is 2.63. The standard InChI is InChI=1S/C21H28O2/c1-6-23-19(22)11-15-9-7-8-14-10-17-18(12-16(14)15)21(4,5)13-20(17,2)3/h10-12H,6-9,13H2,1-5H3/b15-11-. The molecule has 2 heteroatoms. The van der Waals surface area contributed by atoms with Gasteiger partial charge in [-0.15, -0.1) is 0 Å².